The molecule has 0 aliphatic heterocycles. The van der Waals surface area contributed by atoms with Gasteiger partial charge in [-0.15, -0.1) is 0 Å². The number of nitrogens with zero attached hydrogens (tertiary/aromatic N) is 2. The zero-order valence-corrected chi connectivity index (χ0v) is 8.91. The van der Waals surface area contributed by atoms with Crippen LogP contribution in [0.25, 0.3) is 6.08 Å². The second kappa shape index (κ2) is 4.98. The van der Waals surface area contributed by atoms with Crippen molar-refractivity contribution >= 4 is 6.08 Å². The molecule has 0 aliphatic carbocycles. The maximum absolute atomic E-state index is 8.70. The Kier molecular flexibility index (Phi) is 3.66. The average molecular weight is 196 g/mol. The van der Waals surface area contributed by atoms with Crippen molar-refractivity contribution < 1.29 is 0 Å². The van der Waals surface area contributed by atoms with Crippen LogP contribution in [0.4, 0.5) is 0 Å². The summed E-state index contributed by atoms with van der Waals surface area (Å²) in [7, 11) is 0. The van der Waals surface area contributed by atoms with Gasteiger partial charge in [-0.3, -0.25) is 0 Å². The number of allylic oxidation sites excluding steroid dienone is 1. The molecule has 0 aromatic heterocycles. The van der Waals surface area contributed by atoms with E-state index in [4.69, 9.17) is 10.5 Å². The lowest BCUT2D eigenvalue weighted by molar-refractivity contribution is 1.12. The molecule has 0 aliphatic rings. The van der Waals surface area contributed by atoms with E-state index >= 15 is 0 Å². The molecule has 0 bridgehead atoms. The highest BCUT2D eigenvalue weighted by atomic mass is 14.3. The Hall–Kier alpha value is -2.06. The first-order chi connectivity index (χ1) is 7.22. The van der Waals surface area contributed by atoms with Crippen LogP contribution in [0.3, 0.4) is 0 Å². The molecule has 1 rings (SSSR count). The van der Waals surface area contributed by atoms with Gasteiger partial charge in [0, 0.05) is 0 Å². The lowest BCUT2D eigenvalue weighted by Crippen LogP contribution is -1.90. The van der Waals surface area contributed by atoms with Crippen molar-refractivity contribution in [2.24, 2.45) is 0 Å². The van der Waals surface area contributed by atoms with Gasteiger partial charge in [-0.05, 0) is 36.1 Å². The molecule has 0 amide bonds. The highest BCUT2D eigenvalue weighted by Gasteiger charge is 2.02. The van der Waals surface area contributed by atoms with Crippen LogP contribution in [0.2, 0.25) is 0 Å². The predicted octanol–water partition coefficient (Wildman–Crippen LogP) is 2.99. The third kappa shape index (κ3) is 2.45. The fraction of sp³-hybridized carbons (Fsp3) is 0.231. The van der Waals surface area contributed by atoms with Gasteiger partial charge in [0.1, 0.15) is 17.7 Å². The van der Waals surface area contributed by atoms with E-state index in [0.29, 0.717) is 0 Å². The van der Waals surface area contributed by atoms with Crippen LogP contribution in [-0.4, -0.2) is 0 Å². The molecule has 1 aromatic rings. The number of hydrogen-bond donors (Lipinski definition) is 0. The van der Waals surface area contributed by atoms with Crippen LogP contribution in [-0.2, 0) is 6.42 Å². The molecule has 0 radical (unpaired) electrons. The Morgan fingerprint density at radius 2 is 2.00 bits per heavy atom. The lowest BCUT2D eigenvalue weighted by Gasteiger charge is -2.06. The number of nitriles is 2. The summed E-state index contributed by atoms with van der Waals surface area (Å²) in [5, 5.41) is 17.4. The molecular formula is C13H12N2. The minimum atomic E-state index is 0.152. The van der Waals surface area contributed by atoms with Gasteiger partial charge in [-0.25, -0.2) is 0 Å². The molecule has 0 saturated carbocycles. The van der Waals surface area contributed by atoms with Gasteiger partial charge in [-0.2, -0.15) is 10.5 Å². The Morgan fingerprint density at radius 3 is 2.53 bits per heavy atom. The highest BCUT2D eigenvalue weighted by Crippen LogP contribution is 2.18. The molecule has 0 N–H and O–H groups in total. The minimum absolute atomic E-state index is 0.152. The second-order valence-corrected chi connectivity index (χ2v) is 3.28. The topological polar surface area (TPSA) is 47.6 Å². The van der Waals surface area contributed by atoms with Crippen LogP contribution in [0, 0.1) is 29.6 Å². The molecule has 15 heavy (non-hydrogen) atoms. The van der Waals surface area contributed by atoms with E-state index in [1.807, 2.05) is 37.3 Å². The van der Waals surface area contributed by atoms with Gasteiger partial charge in [0.15, 0.2) is 0 Å². The van der Waals surface area contributed by atoms with Crippen molar-refractivity contribution in [3.63, 3.8) is 0 Å². The van der Waals surface area contributed by atoms with E-state index in [0.717, 1.165) is 23.1 Å². The van der Waals surface area contributed by atoms with Gasteiger partial charge < -0.3 is 0 Å². The fourth-order valence-corrected chi connectivity index (χ4v) is 1.49. The molecule has 0 heterocycles. The molecule has 0 spiro atoms. The van der Waals surface area contributed by atoms with Crippen molar-refractivity contribution in [1.82, 2.24) is 0 Å². The Labute approximate surface area is 90.1 Å². The first-order valence-electron chi connectivity index (χ1n) is 4.83. The van der Waals surface area contributed by atoms with Crippen LogP contribution < -0.4 is 0 Å². The summed E-state index contributed by atoms with van der Waals surface area (Å²) in [6.45, 7) is 4.04. The van der Waals surface area contributed by atoms with Gasteiger partial charge >= 0.3 is 0 Å². The summed E-state index contributed by atoms with van der Waals surface area (Å²) in [6.07, 6.45) is 2.56. The molecule has 0 fully saturated rings. The zero-order chi connectivity index (χ0) is 11.3. The molecule has 2 nitrogen and oxygen atoms in total. The number of rotatable bonds is 2. The summed E-state index contributed by atoms with van der Waals surface area (Å²) in [4.78, 5) is 0. The van der Waals surface area contributed by atoms with Crippen molar-refractivity contribution in [3.8, 4) is 12.1 Å². The van der Waals surface area contributed by atoms with Crippen LogP contribution >= 0.6 is 0 Å². The number of benzene rings is 1. The Bertz CT molecular complexity index is 454. The summed E-state index contributed by atoms with van der Waals surface area (Å²) >= 11 is 0. The maximum Gasteiger partial charge on any atom is 0.130 e. The van der Waals surface area contributed by atoms with Crippen molar-refractivity contribution in [2.45, 2.75) is 20.3 Å². The summed E-state index contributed by atoms with van der Waals surface area (Å²) in [5.74, 6) is 0. The Morgan fingerprint density at radius 1 is 1.33 bits per heavy atom. The van der Waals surface area contributed by atoms with E-state index in [1.54, 1.807) is 6.08 Å². The molecule has 0 saturated heterocycles. The van der Waals surface area contributed by atoms with E-state index in [-0.39, 0.29) is 5.57 Å². The zero-order valence-electron chi connectivity index (χ0n) is 8.91. The van der Waals surface area contributed by atoms with Crippen LogP contribution in [0.1, 0.15) is 23.6 Å². The Balaban J connectivity index is 3.32. The fourth-order valence-electron chi connectivity index (χ4n) is 1.49. The quantitative estimate of drug-likeness (QED) is 0.682. The first-order valence-corrected chi connectivity index (χ1v) is 4.83. The first kappa shape index (κ1) is 11.0. The van der Waals surface area contributed by atoms with E-state index in [1.165, 1.54) is 0 Å². The molecule has 74 valence electrons. The molecule has 1 aromatic carbocycles. The maximum atomic E-state index is 8.70. The molecule has 0 atom stereocenters. The smallest absolute Gasteiger partial charge is 0.130 e. The van der Waals surface area contributed by atoms with E-state index in [9.17, 15) is 0 Å². The molecule has 0 unspecified atom stereocenters. The monoisotopic (exact) mass is 196 g/mol. The SMILES string of the molecule is CCc1cccc(C)c1C=C(C#N)C#N. The summed E-state index contributed by atoms with van der Waals surface area (Å²) < 4.78 is 0. The van der Waals surface area contributed by atoms with E-state index in [2.05, 4.69) is 6.92 Å². The lowest BCUT2D eigenvalue weighted by atomic mass is 9.98. The largest absolute Gasteiger partial charge is 0.192 e. The number of hydrogen-bond acceptors (Lipinski definition) is 2. The van der Waals surface area contributed by atoms with Gasteiger partial charge in [0.2, 0.25) is 0 Å². The van der Waals surface area contributed by atoms with E-state index < -0.39 is 0 Å². The molecular weight excluding hydrogens is 184 g/mol. The van der Waals surface area contributed by atoms with Crippen molar-refractivity contribution in [2.75, 3.05) is 0 Å². The highest BCUT2D eigenvalue weighted by molar-refractivity contribution is 5.66. The molecule has 2 heteroatoms. The van der Waals surface area contributed by atoms with Gasteiger partial charge in [0.05, 0.1) is 0 Å². The minimum Gasteiger partial charge on any atom is -0.192 e. The standard InChI is InChI=1S/C13H12N2/c1-3-12-6-4-5-10(2)13(12)7-11(8-14)9-15/h4-7H,3H2,1-2H3. The van der Waals surface area contributed by atoms with Crippen LogP contribution in [0.15, 0.2) is 23.8 Å². The number of aryl methyl sites for hydroxylation is 2. The van der Waals surface area contributed by atoms with Crippen molar-refractivity contribution in [1.29, 1.82) is 10.5 Å². The second-order valence-electron chi connectivity index (χ2n) is 3.28. The van der Waals surface area contributed by atoms with Gasteiger partial charge in [0.25, 0.3) is 0 Å². The van der Waals surface area contributed by atoms with Crippen LogP contribution in [0.5, 0.6) is 0 Å². The average Bonchev–Trinajstić information content (AvgIpc) is 2.27. The summed E-state index contributed by atoms with van der Waals surface area (Å²) in [6, 6.07) is 9.75. The third-order valence-electron chi connectivity index (χ3n) is 2.32. The van der Waals surface area contributed by atoms with Gasteiger partial charge in [-0.1, -0.05) is 25.1 Å². The third-order valence-corrected chi connectivity index (χ3v) is 2.32. The van der Waals surface area contributed by atoms with Crippen molar-refractivity contribution in [3.05, 3.63) is 40.5 Å². The summed E-state index contributed by atoms with van der Waals surface area (Å²) in [5.41, 5.74) is 3.41. The normalized spacial score (nSPS) is 8.80. The predicted molar refractivity (Wildman–Crippen MR) is 59.8 cm³/mol.